The number of nitrogens with zero attached hydrogens (tertiary/aromatic N) is 4. The number of hydrogen-bond donors (Lipinski definition) is 2. The van der Waals surface area contributed by atoms with Gasteiger partial charge in [0.25, 0.3) is 0 Å². The van der Waals surface area contributed by atoms with Crippen molar-refractivity contribution < 1.29 is 0 Å². The van der Waals surface area contributed by atoms with Crippen LogP contribution in [0.2, 0.25) is 0 Å². The van der Waals surface area contributed by atoms with Gasteiger partial charge in [-0.05, 0) is 44.1 Å². The molecule has 112 valence electrons. The minimum absolute atomic E-state index is 0.478. The van der Waals surface area contributed by atoms with Crippen molar-refractivity contribution in [3.05, 3.63) is 42.9 Å². The van der Waals surface area contributed by atoms with Gasteiger partial charge in [-0.3, -0.25) is 4.40 Å². The van der Waals surface area contributed by atoms with Gasteiger partial charge >= 0.3 is 0 Å². The number of rotatable bonds is 3. The number of piperidine rings is 1. The zero-order chi connectivity index (χ0) is 14.8. The van der Waals surface area contributed by atoms with Crippen LogP contribution in [0.15, 0.2) is 42.9 Å². The Balaban J connectivity index is 1.63. The van der Waals surface area contributed by atoms with Crippen molar-refractivity contribution in [1.29, 1.82) is 0 Å². The van der Waals surface area contributed by atoms with Crippen LogP contribution in [-0.2, 0) is 0 Å². The summed E-state index contributed by atoms with van der Waals surface area (Å²) >= 11 is 0. The quantitative estimate of drug-likeness (QED) is 0.773. The average Bonchev–Trinajstić information content (AvgIpc) is 3.00. The van der Waals surface area contributed by atoms with Crippen LogP contribution < -0.4 is 10.6 Å². The summed E-state index contributed by atoms with van der Waals surface area (Å²) in [4.78, 5) is 13.5. The second kappa shape index (κ2) is 5.73. The molecule has 6 nitrogen and oxygen atoms in total. The van der Waals surface area contributed by atoms with E-state index in [1.165, 1.54) is 0 Å². The minimum Gasteiger partial charge on any atom is -0.367 e. The van der Waals surface area contributed by atoms with E-state index >= 15 is 0 Å². The first-order valence-electron chi connectivity index (χ1n) is 7.63. The van der Waals surface area contributed by atoms with E-state index in [0.717, 1.165) is 43.1 Å². The molecule has 3 aromatic heterocycles. The normalized spacial score (nSPS) is 16.0. The van der Waals surface area contributed by atoms with Gasteiger partial charge in [0.05, 0.1) is 6.20 Å². The van der Waals surface area contributed by atoms with E-state index in [4.69, 9.17) is 0 Å². The highest BCUT2D eigenvalue weighted by Gasteiger charge is 2.14. The molecular weight excluding hydrogens is 276 g/mol. The van der Waals surface area contributed by atoms with E-state index in [9.17, 15) is 0 Å². The molecular formula is C16H18N6. The number of nitrogens with one attached hydrogen (secondary N) is 2. The first kappa shape index (κ1) is 13.2. The molecule has 0 amide bonds. The summed E-state index contributed by atoms with van der Waals surface area (Å²) in [6.45, 7) is 2.12. The molecule has 0 unspecified atom stereocenters. The highest BCUT2D eigenvalue weighted by molar-refractivity contribution is 5.58. The van der Waals surface area contributed by atoms with E-state index in [0.29, 0.717) is 11.9 Å². The molecule has 0 aliphatic carbocycles. The van der Waals surface area contributed by atoms with E-state index in [1.807, 2.05) is 41.1 Å². The van der Waals surface area contributed by atoms with Crippen LogP contribution in [0, 0.1) is 0 Å². The summed E-state index contributed by atoms with van der Waals surface area (Å²) < 4.78 is 2.00. The molecule has 0 aromatic carbocycles. The molecule has 1 fully saturated rings. The van der Waals surface area contributed by atoms with Gasteiger partial charge in [0.15, 0.2) is 5.82 Å². The Morgan fingerprint density at radius 3 is 2.95 bits per heavy atom. The first-order chi connectivity index (χ1) is 10.9. The molecule has 22 heavy (non-hydrogen) atoms. The lowest BCUT2D eigenvalue weighted by Crippen LogP contribution is -2.35. The average molecular weight is 294 g/mol. The Morgan fingerprint density at radius 2 is 2.05 bits per heavy atom. The van der Waals surface area contributed by atoms with Crippen molar-refractivity contribution in [3.8, 4) is 11.5 Å². The number of aromatic nitrogens is 4. The van der Waals surface area contributed by atoms with Crippen molar-refractivity contribution in [2.45, 2.75) is 18.9 Å². The second-order valence-electron chi connectivity index (χ2n) is 5.51. The summed E-state index contributed by atoms with van der Waals surface area (Å²) in [7, 11) is 0. The number of hydrogen-bond acceptors (Lipinski definition) is 5. The lowest BCUT2D eigenvalue weighted by Gasteiger charge is -2.24. The molecule has 3 aromatic rings. The lowest BCUT2D eigenvalue weighted by molar-refractivity contribution is 0.478. The predicted octanol–water partition coefficient (Wildman–Crippen LogP) is 1.96. The van der Waals surface area contributed by atoms with Gasteiger partial charge in [-0.15, -0.1) is 0 Å². The highest BCUT2D eigenvalue weighted by Crippen LogP contribution is 2.19. The summed E-state index contributed by atoms with van der Waals surface area (Å²) in [5, 5.41) is 6.88. The Labute approximate surface area is 128 Å². The van der Waals surface area contributed by atoms with Gasteiger partial charge in [0.1, 0.15) is 17.2 Å². The van der Waals surface area contributed by atoms with E-state index in [-0.39, 0.29) is 0 Å². The number of imidazole rings is 1. The Kier molecular flexibility index (Phi) is 3.44. The Hall–Kier alpha value is -2.47. The summed E-state index contributed by atoms with van der Waals surface area (Å²) in [5.41, 5.74) is 1.81. The maximum atomic E-state index is 4.66. The molecule has 0 bridgehead atoms. The van der Waals surface area contributed by atoms with Crippen LogP contribution in [0.1, 0.15) is 12.8 Å². The van der Waals surface area contributed by atoms with E-state index in [1.54, 1.807) is 6.20 Å². The third-order valence-electron chi connectivity index (χ3n) is 3.99. The fourth-order valence-corrected chi connectivity index (χ4v) is 2.84. The number of fused-ring (bicyclic) bond motifs is 1. The number of pyridine rings is 1. The molecule has 0 atom stereocenters. The van der Waals surface area contributed by atoms with Crippen LogP contribution in [0.25, 0.3) is 17.2 Å². The molecule has 4 rings (SSSR count). The molecule has 1 aliphatic heterocycles. The zero-order valence-electron chi connectivity index (χ0n) is 12.2. The van der Waals surface area contributed by atoms with Gasteiger partial charge in [0.2, 0.25) is 0 Å². The van der Waals surface area contributed by atoms with Gasteiger partial charge in [-0.25, -0.2) is 15.0 Å². The summed E-state index contributed by atoms with van der Waals surface area (Å²) in [6, 6.07) is 8.33. The second-order valence-corrected chi connectivity index (χ2v) is 5.51. The molecule has 4 heterocycles. The summed E-state index contributed by atoms with van der Waals surface area (Å²) in [6.07, 6.45) is 7.84. The van der Waals surface area contributed by atoms with Crippen molar-refractivity contribution in [2.75, 3.05) is 18.4 Å². The van der Waals surface area contributed by atoms with Crippen LogP contribution in [0.3, 0.4) is 0 Å². The van der Waals surface area contributed by atoms with Crippen LogP contribution in [-0.4, -0.2) is 38.5 Å². The smallest absolute Gasteiger partial charge is 0.180 e. The first-order valence-corrected chi connectivity index (χ1v) is 7.63. The molecule has 1 aliphatic rings. The van der Waals surface area contributed by atoms with Crippen LogP contribution >= 0.6 is 0 Å². The SMILES string of the molecule is c1ccn2c(-c3nccc(NC4CCNCC4)n3)cnc2c1. The molecule has 1 saturated heterocycles. The standard InChI is InChI=1S/C16H18N6/c1-2-10-22-13(11-19-15(22)3-1)16-18-9-6-14(21-16)20-12-4-7-17-8-5-12/h1-3,6,9-12,17H,4-5,7-8H2,(H,18,20,21). The zero-order valence-corrected chi connectivity index (χ0v) is 12.2. The van der Waals surface area contributed by atoms with Crippen LogP contribution in [0.4, 0.5) is 5.82 Å². The van der Waals surface area contributed by atoms with Gasteiger partial charge in [-0.1, -0.05) is 6.07 Å². The van der Waals surface area contributed by atoms with Crippen molar-refractivity contribution in [1.82, 2.24) is 24.7 Å². The molecule has 0 spiro atoms. The maximum Gasteiger partial charge on any atom is 0.180 e. The third kappa shape index (κ3) is 2.53. The van der Waals surface area contributed by atoms with Crippen molar-refractivity contribution >= 4 is 11.5 Å². The minimum atomic E-state index is 0.478. The molecule has 0 radical (unpaired) electrons. The lowest BCUT2D eigenvalue weighted by atomic mass is 10.1. The van der Waals surface area contributed by atoms with Crippen molar-refractivity contribution in [3.63, 3.8) is 0 Å². The van der Waals surface area contributed by atoms with Crippen LogP contribution in [0.5, 0.6) is 0 Å². The topological polar surface area (TPSA) is 67.1 Å². The summed E-state index contributed by atoms with van der Waals surface area (Å²) in [5.74, 6) is 1.57. The molecule has 0 saturated carbocycles. The van der Waals surface area contributed by atoms with E-state index < -0.39 is 0 Å². The fraction of sp³-hybridized carbons (Fsp3) is 0.312. The van der Waals surface area contributed by atoms with Crippen molar-refractivity contribution in [2.24, 2.45) is 0 Å². The largest absolute Gasteiger partial charge is 0.367 e. The monoisotopic (exact) mass is 294 g/mol. The van der Waals surface area contributed by atoms with Gasteiger partial charge in [0, 0.05) is 18.4 Å². The van der Waals surface area contributed by atoms with E-state index in [2.05, 4.69) is 25.6 Å². The molecule has 6 heteroatoms. The number of anilines is 1. The van der Waals surface area contributed by atoms with Gasteiger partial charge in [-0.2, -0.15) is 0 Å². The molecule has 2 N–H and O–H groups in total. The maximum absolute atomic E-state index is 4.66. The van der Waals surface area contributed by atoms with Gasteiger partial charge < -0.3 is 10.6 Å². The third-order valence-corrected chi connectivity index (χ3v) is 3.99. The Bertz CT molecular complexity index is 775. The Morgan fingerprint density at radius 1 is 1.14 bits per heavy atom. The predicted molar refractivity (Wildman–Crippen MR) is 85.7 cm³/mol. The fourth-order valence-electron chi connectivity index (χ4n) is 2.84. The highest BCUT2D eigenvalue weighted by atomic mass is 15.1.